The average Bonchev–Trinajstić information content (AvgIpc) is 2.98. The number of likely N-dealkylation sites (tertiary alicyclic amines) is 1. The highest BCUT2D eigenvalue weighted by Gasteiger charge is 2.33. The van der Waals surface area contributed by atoms with Crippen LogP contribution in [0.3, 0.4) is 0 Å². The van der Waals surface area contributed by atoms with Gasteiger partial charge in [0.25, 0.3) is 5.91 Å². The molecule has 22 heavy (non-hydrogen) atoms. The van der Waals surface area contributed by atoms with Gasteiger partial charge in [-0.2, -0.15) is 5.10 Å². The molecule has 0 spiro atoms. The number of carbonyl (C=O) groups excluding carboxylic acids is 1. The van der Waals surface area contributed by atoms with Gasteiger partial charge in [0, 0.05) is 25.5 Å². The van der Waals surface area contributed by atoms with E-state index in [9.17, 15) is 4.79 Å². The fourth-order valence-corrected chi connectivity index (χ4v) is 3.62. The second-order valence-electron chi connectivity index (χ2n) is 7.13. The van der Waals surface area contributed by atoms with E-state index in [4.69, 9.17) is 0 Å². The third-order valence-electron chi connectivity index (χ3n) is 4.22. The first-order valence-electron chi connectivity index (χ1n) is 7.85. The predicted molar refractivity (Wildman–Crippen MR) is 87.0 cm³/mol. The number of carbonyl (C=O) groups is 1. The summed E-state index contributed by atoms with van der Waals surface area (Å²) in [6.45, 7) is 8.34. The molecular formula is C18H23N3O. The second kappa shape index (κ2) is 5.59. The molecule has 1 aromatic heterocycles. The summed E-state index contributed by atoms with van der Waals surface area (Å²) in [5, 5.41) is 4.26. The lowest BCUT2D eigenvalue weighted by Crippen LogP contribution is -2.47. The maximum atomic E-state index is 13.0. The Balaban J connectivity index is 1.93. The van der Waals surface area contributed by atoms with Crippen molar-refractivity contribution in [2.45, 2.75) is 27.2 Å². The lowest BCUT2D eigenvalue weighted by Gasteiger charge is -2.41. The summed E-state index contributed by atoms with van der Waals surface area (Å²) >= 11 is 0. The Morgan fingerprint density at radius 2 is 2.05 bits per heavy atom. The molecule has 0 N–H and O–H groups in total. The molecular weight excluding hydrogens is 274 g/mol. The third kappa shape index (κ3) is 2.91. The number of aromatic nitrogens is 2. The summed E-state index contributed by atoms with van der Waals surface area (Å²) < 4.78 is 1.76. The summed E-state index contributed by atoms with van der Waals surface area (Å²) in [5.74, 6) is 0.635. The van der Waals surface area contributed by atoms with Crippen LogP contribution in [0.1, 0.15) is 37.6 Å². The molecule has 0 radical (unpaired) electrons. The van der Waals surface area contributed by atoms with Crippen molar-refractivity contribution < 1.29 is 4.79 Å². The summed E-state index contributed by atoms with van der Waals surface area (Å²) in [4.78, 5) is 15.0. The van der Waals surface area contributed by atoms with Crippen molar-refractivity contribution in [3.8, 4) is 5.69 Å². The Morgan fingerprint density at radius 3 is 2.73 bits per heavy atom. The number of hydrogen-bond acceptors (Lipinski definition) is 2. The van der Waals surface area contributed by atoms with Crippen molar-refractivity contribution in [3.05, 3.63) is 48.3 Å². The first-order chi connectivity index (χ1) is 10.5. The fraction of sp³-hybridized carbons (Fsp3) is 0.444. The second-order valence-corrected chi connectivity index (χ2v) is 7.13. The maximum Gasteiger partial charge on any atom is 0.256 e. The zero-order valence-electron chi connectivity index (χ0n) is 13.5. The van der Waals surface area contributed by atoms with E-state index < -0.39 is 0 Å². The molecule has 4 heteroatoms. The quantitative estimate of drug-likeness (QED) is 0.852. The van der Waals surface area contributed by atoms with Crippen molar-refractivity contribution in [3.63, 3.8) is 0 Å². The van der Waals surface area contributed by atoms with Crippen LogP contribution in [0.5, 0.6) is 0 Å². The van der Waals surface area contributed by atoms with E-state index in [0.29, 0.717) is 5.92 Å². The first kappa shape index (κ1) is 14.8. The molecule has 116 valence electrons. The van der Waals surface area contributed by atoms with E-state index in [1.807, 2.05) is 41.4 Å². The van der Waals surface area contributed by atoms with Crippen molar-refractivity contribution >= 4 is 5.91 Å². The van der Waals surface area contributed by atoms with Gasteiger partial charge in [-0.25, -0.2) is 4.68 Å². The highest BCUT2D eigenvalue weighted by Crippen LogP contribution is 2.33. The van der Waals surface area contributed by atoms with Gasteiger partial charge in [-0.3, -0.25) is 4.79 Å². The Labute approximate surface area is 131 Å². The van der Waals surface area contributed by atoms with Crippen LogP contribution in [0.2, 0.25) is 0 Å². The van der Waals surface area contributed by atoms with Gasteiger partial charge in [-0.15, -0.1) is 0 Å². The van der Waals surface area contributed by atoms with Gasteiger partial charge >= 0.3 is 0 Å². The van der Waals surface area contributed by atoms with Crippen LogP contribution in [0.25, 0.3) is 5.69 Å². The summed E-state index contributed by atoms with van der Waals surface area (Å²) in [7, 11) is 0. The van der Waals surface area contributed by atoms with Gasteiger partial charge in [-0.1, -0.05) is 32.9 Å². The van der Waals surface area contributed by atoms with Crippen molar-refractivity contribution in [1.29, 1.82) is 0 Å². The van der Waals surface area contributed by atoms with Crippen LogP contribution in [0.4, 0.5) is 0 Å². The highest BCUT2D eigenvalue weighted by atomic mass is 16.2. The SMILES string of the molecule is CC1CN(C(=O)c2ccccc2-n2cccn2)CC(C)(C)C1. The normalized spacial score (nSPS) is 20.9. The molecule has 1 aromatic carbocycles. The third-order valence-corrected chi connectivity index (χ3v) is 4.22. The minimum atomic E-state index is 0.103. The standard InChI is InChI=1S/C18H23N3O/c1-14-11-18(2,3)13-20(12-14)17(22)15-7-4-5-8-16(15)21-10-6-9-19-21/h4-10,14H,11-13H2,1-3H3. The molecule has 4 nitrogen and oxygen atoms in total. The number of nitrogens with zero attached hydrogens (tertiary/aromatic N) is 3. The first-order valence-corrected chi connectivity index (χ1v) is 7.85. The van der Waals surface area contributed by atoms with Crippen LogP contribution in [-0.4, -0.2) is 33.7 Å². The van der Waals surface area contributed by atoms with Gasteiger partial charge in [0.15, 0.2) is 0 Å². The monoisotopic (exact) mass is 297 g/mol. The van der Waals surface area contributed by atoms with Crippen LogP contribution in [0, 0.1) is 11.3 Å². The molecule has 1 aliphatic heterocycles. The van der Waals surface area contributed by atoms with Gasteiger partial charge in [-0.05, 0) is 36.0 Å². The molecule has 2 heterocycles. The van der Waals surface area contributed by atoms with E-state index in [1.165, 1.54) is 0 Å². The number of benzene rings is 1. The van der Waals surface area contributed by atoms with Gasteiger partial charge in [0.2, 0.25) is 0 Å². The van der Waals surface area contributed by atoms with Gasteiger partial charge < -0.3 is 4.90 Å². The molecule has 2 aromatic rings. The van der Waals surface area contributed by atoms with E-state index in [-0.39, 0.29) is 11.3 Å². The molecule has 1 unspecified atom stereocenters. The minimum absolute atomic E-state index is 0.103. The average molecular weight is 297 g/mol. The Bertz CT molecular complexity index is 661. The summed E-state index contributed by atoms with van der Waals surface area (Å²) in [6, 6.07) is 9.56. The lowest BCUT2D eigenvalue weighted by molar-refractivity contribution is 0.0475. The highest BCUT2D eigenvalue weighted by molar-refractivity contribution is 5.97. The number of rotatable bonds is 2. The number of amides is 1. The Hall–Kier alpha value is -2.10. The summed E-state index contributed by atoms with van der Waals surface area (Å²) in [5.41, 5.74) is 1.73. The topological polar surface area (TPSA) is 38.1 Å². The summed E-state index contributed by atoms with van der Waals surface area (Å²) in [6.07, 6.45) is 4.76. The van der Waals surface area contributed by atoms with Gasteiger partial charge in [0.1, 0.15) is 0 Å². The molecule has 1 fully saturated rings. The molecule has 0 aliphatic carbocycles. The van der Waals surface area contributed by atoms with E-state index in [0.717, 1.165) is 30.8 Å². The number of piperidine rings is 1. The maximum absolute atomic E-state index is 13.0. The fourth-order valence-electron chi connectivity index (χ4n) is 3.62. The molecule has 1 saturated heterocycles. The van der Waals surface area contributed by atoms with Gasteiger partial charge in [0.05, 0.1) is 11.3 Å². The lowest BCUT2D eigenvalue weighted by atomic mass is 9.79. The van der Waals surface area contributed by atoms with Crippen LogP contribution >= 0.6 is 0 Å². The Kier molecular flexibility index (Phi) is 3.77. The van der Waals surface area contributed by atoms with E-state index >= 15 is 0 Å². The van der Waals surface area contributed by atoms with Crippen LogP contribution < -0.4 is 0 Å². The molecule has 3 rings (SSSR count). The van der Waals surface area contributed by atoms with Crippen LogP contribution in [0.15, 0.2) is 42.7 Å². The molecule has 0 bridgehead atoms. The Morgan fingerprint density at radius 1 is 1.27 bits per heavy atom. The zero-order valence-corrected chi connectivity index (χ0v) is 13.5. The number of hydrogen-bond donors (Lipinski definition) is 0. The zero-order chi connectivity index (χ0) is 15.7. The number of para-hydroxylation sites is 1. The smallest absolute Gasteiger partial charge is 0.256 e. The van der Waals surface area contributed by atoms with Crippen molar-refractivity contribution in [2.75, 3.05) is 13.1 Å². The van der Waals surface area contributed by atoms with Crippen molar-refractivity contribution in [1.82, 2.24) is 14.7 Å². The van der Waals surface area contributed by atoms with Crippen molar-refractivity contribution in [2.24, 2.45) is 11.3 Å². The van der Waals surface area contributed by atoms with E-state index in [2.05, 4.69) is 25.9 Å². The predicted octanol–water partition coefficient (Wildman–Crippen LogP) is 3.38. The largest absolute Gasteiger partial charge is 0.338 e. The van der Waals surface area contributed by atoms with E-state index in [1.54, 1.807) is 10.9 Å². The molecule has 1 atom stereocenters. The molecule has 0 saturated carbocycles. The molecule has 1 aliphatic rings. The van der Waals surface area contributed by atoms with Crippen LogP contribution in [-0.2, 0) is 0 Å². The molecule has 1 amide bonds. The minimum Gasteiger partial charge on any atom is -0.338 e.